The smallest absolute Gasteiger partial charge is 0.160 e. The molecule has 4 heterocycles. The predicted octanol–water partition coefficient (Wildman–Crippen LogP) is 4.57. The fraction of sp³-hybridized carbons (Fsp3) is 0.462. The molecule has 0 bridgehead atoms. The topological polar surface area (TPSA) is 80.5 Å². The summed E-state index contributed by atoms with van der Waals surface area (Å²) < 4.78 is 21.4. The highest BCUT2D eigenvalue weighted by molar-refractivity contribution is 5.78. The number of aryl methyl sites for hydroxylation is 1. The average molecular weight is 476 g/mol. The minimum atomic E-state index is -0.815. The van der Waals surface area contributed by atoms with Gasteiger partial charge in [0.2, 0.25) is 0 Å². The molecule has 0 amide bonds. The Hall–Kier alpha value is -3.33. The molecule has 1 atom stereocenters. The van der Waals surface area contributed by atoms with Crippen LogP contribution in [0.2, 0.25) is 0 Å². The Balaban J connectivity index is 1.41. The molecule has 182 valence electrons. The number of nitrogens with one attached hydrogen (secondary N) is 1. The molecule has 8 nitrogen and oxygen atoms in total. The maximum Gasteiger partial charge on any atom is 0.160 e. The number of anilines is 2. The monoisotopic (exact) mass is 475 g/mol. The summed E-state index contributed by atoms with van der Waals surface area (Å²) in [4.78, 5) is 16.5. The van der Waals surface area contributed by atoms with Crippen molar-refractivity contribution in [3.8, 4) is 11.4 Å². The standard InChI is InChI=1S/C26H30FN7O/c1-16-26(30-21-6-4-3-5-20(21)28-16)22-13-24-31-23(33-12-11-17(27)15-33)14-25(34(24)32-22)29-18-7-9-19(35-2)10-8-18/h3-6,13-14,17-19,29H,7-12,15H2,1-2H3/t17-,18-,19+/m0/s1. The Morgan fingerprint density at radius 2 is 1.77 bits per heavy atom. The minimum absolute atomic E-state index is 0.321. The van der Waals surface area contributed by atoms with E-state index in [9.17, 15) is 4.39 Å². The van der Waals surface area contributed by atoms with Gasteiger partial charge < -0.3 is 15.0 Å². The van der Waals surface area contributed by atoms with Crippen molar-refractivity contribution in [2.24, 2.45) is 0 Å². The maximum atomic E-state index is 14.0. The molecule has 4 aromatic rings. The Morgan fingerprint density at radius 1 is 1.00 bits per heavy atom. The van der Waals surface area contributed by atoms with E-state index in [4.69, 9.17) is 24.8 Å². The first-order chi connectivity index (χ1) is 17.1. The number of fused-ring (bicyclic) bond motifs is 2. The van der Waals surface area contributed by atoms with Gasteiger partial charge in [0.15, 0.2) is 5.65 Å². The molecule has 0 unspecified atom stereocenters. The van der Waals surface area contributed by atoms with E-state index in [2.05, 4.69) is 5.32 Å². The number of hydrogen-bond donors (Lipinski definition) is 1. The number of nitrogens with zero attached hydrogens (tertiary/aromatic N) is 6. The van der Waals surface area contributed by atoms with Gasteiger partial charge in [0, 0.05) is 31.8 Å². The minimum Gasteiger partial charge on any atom is -0.381 e. The highest BCUT2D eigenvalue weighted by atomic mass is 19.1. The highest BCUT2D eigenvalue weighted by Gasteiger charge is 2.26. The van der Waals surface area contributed by atoms with Crippen molar-refractivity contribution in [2.45, 2.75) is 57.3 Å². The fourth-order valence-electron chi connectivity index (χ4n) is 5.25. The summed E-state index contributed by atoms with van der Waals surface area (Å²) in [5, 5.41) is 8.60. The van der Waals surface area contributed by atoms with E-state index >= 15 is 0 Å². The third-order valence-electron chi connectivity index (χ3n) is 7.22. The van der Waals surface area contributed by atoms with Crippen LogP contribution in [0.5, 0.6) is 0 Å². The zero-order valence-corrected chi connectivity index (χ0v) is 20.1. The Morgan fingerprint density at radius 3 is 2.49 bits per heavy atom. The van der Waals surface area contributed by atoms with E-state index < -0.39 is 6.17 Å². The number of ether oxygens (including phenoxy) is 1. The largest absolute Gasteiger partial charge is 0.381 e. The summed E-state index contributed by atoms with van der Waals surface area (Å²) >= 11 is 0. The number of benzene rings is 1. The SMILES string of the molecule is CO[C@H]1CC[C@@H](Nc2cc(N3CC[C@H](F)C3)nc3cc(-c4nc5ccccc5nc4C)nn23)CC1. The summed E-state index contributed by atoms with van der Waals surface area (Å²) in [6.07, 6.45) is 4.16. The van der Waals surface area contributed by atoms with E-state index in [1.165, 1.54) is 0 Å². The molecule has 35 heavy (non-hydrogen) atoms. The van der Waals surface area contributed by atoms with Crippen LogP contribution in [0, 0.1) is 6.92 Å². The van der Waals surface area contributed by atoms with Crippen LogP contribution in [0.3, 0.4) is 0 Å². The molecule has 1 saturated carbocycles. The van der Waals surface area contributed by atoms with Gasteiger partial charge in [0.05, 0.1) is 29.4 Å². The van der Waals surface area contributed by atoms with Gasteiger partial charge in [-0.3, -0.25) is 0 Å². The van der Waals surface area contributed by atoms with E-state index in [1.54, 1.807) is 7.11 Å². The van der Waals surface area contributed by atoms with Gasteiger partial charge in [0.25, 0.3) is 0 Å². The van der Waals surface area contributed by atoms with Gasteiger partial charge in [-0.2, -0.15) is 9.61 Å². The maximum absolute atomic E-state index is 14.0. The number of halogens is 1. The van der Waals surface area contributed by atoms with E-state index in [1.807, 2.05) is 52.7 Å². The average Bonchev–Trinajstić information content (AvgIpc) is 3.50. The molecule has 1 aliphatic heterocycles. The number of para-hydroxylation sites is 2. The summed E-state index contributed by atoms with van der Waals surface area (Å²) in [6, 6.07) is 12.1. The Kier molecular flexibility index (Phi) is 5.72. The Labute approximate surface area is 203 Å². The number of alkyl halides is 1. The van der Waals surface area contributed by atoms with Gasteiger partial charge in [0.1, 0.15) is 29.2 Å². The van der Waals surface area contributed by atoms with Crippen LogP contribution in [0.4, 0.5) is 16.0 Å². The lowest BCUT2D eigenvalue weighted by atomic mass is 9.93. The lowest BCUT2D eigenvalue weighted by Crippen LogP contribution is -2.30. The van der Waals surface area contributed by atoms with Gasteiger partial charge in [-0.05, 0) is 51.2 Å². The lowest BCUT2D eigenvalue weighted by Gasteiger charge is -2.29. The van der Waals surface area contributed by atoms with Gasteiger partial charge in [-0.1, -0.05) is 12.1 Å². The van der Waals surface area contributed by atoms with Crippen molar-refractivity contribution in [1.82, 2.24) is 24.6 Å². The molecular formula is C26H30FN7O. The predicted molar refractivity (Wildman–Crippen MR) is 135 cm³/mol. The molecule has 0 spiro atoms. The van der Waals surface area contributed by atoms with Crippen molar-refractivity contribution in [2.75, 3.05) is 30.4 Å². The molecule has 9 heteroatoms. The van der Waals surface area contributed by atoms with Crippen LogP contribution in [0.25, 0.3) is 28.1 Å². The third kappa shape index (κ3) is 4.29. The molecule has 1 saturated heterocycles. The fourth-order valence-corrected chi connectivity index (χ4v) is 5.25. The molecular weight excluding hydrogens is 445 g/mol. The first-order valence-electron chi connectivity index (χ1n) is 12.4. The van der Waals surface area contributed by atoms with Crippen LogP contribution < -0.4 is 10.2 Å². The quantitative estimate of drug-likeness (QED) is 0.453. The van der Waals surface area contributed by atoms with Crippen LogP contribution in [-0.2, 0) is 4.74 Å². The second-order valence-corrected chi connectivity index (χ2v) is 9.63. The van der Waals surface area contributed by atoms with Crippen LogP contribution in [-0.4, -0.2) is 63.1 Å². The molecule has 3 aromatic heterocycles. The second-order valence-electron chi connectivity index (χ2n) is 9.63. The number of rotatable bonds is 5. The van der Waals surface area contributed by atoms with Gasteiger partial charge >= 0.3 is 0 Å². The summed E-state index contributed by atoms with van der Waals surface area (Å²) in [5.41, 5.74) is 4.69. The van der Waals surface area contributed by atoms with Crippen molar-refractivity contribution in [3.63, 3.8) is 0 Å². The van der Waals surface area contributed by atoms with Crippen LogP contribution >= 0.6 is 0 Å². The molecule has 2 fully saturated rings. The normalized spacial score (nSPS) is 22.8. The lowest BCUT2D eigenvalue weighted by molar-refractivity contribution is 0.0681. The van der Waals surface area contributed by atoms with Crippen molar-refractivity contribution in [3.05, 3.63) is 42.1 Å². The van der Waals surface area contributed by atoms with Gasteiger partial charge in [-0.25, -0.2) is 19.3 Å². The first kappa shape index (κ1) is 22.2. The molecule has 1 aliphatic carbocycles. The summed E-state index contributed by atoms with van der Waals surface area (Å²) in [6.45, 7) is 2.99. The number of hydrogen-bond acceptors (Lipinski definition) is 7. The van der Waals surface area contributed by atoms with Crippen molar-refractivity contribution < 1.29 is 9.13 Å². The zero-order chi connectivity index (χ0) is 23.9. The zero-order valence-electron chi connectivity index (χ0n) is 20.1. The van der Waals surface area contributed by atoms with Crippen molar-refractivity contribution in [1.29, 1.82) is 0 Å². The first-order valence-corrected chi connectivity index (χ1v) is 12.4. The summed E-state index contributed by atoms with van der Waals surface area (Å²) in [5.74, 6) is 1.64. The third-order valence-corrected chi connectivity index (χ3v) is 7.22. The second kappa shape index (κ2) is 9.03. The highest BCUT2D eigenvalue weighted by Crippen LogP contribution is 2.30. The molecule has 0 radical (unpaired) electrons. The van der Waals surface area contributed by atoms with Crippen LogP contribution in [0.1, 0.15) is 37.8 Å². The van der Waals surface area contributed by atoms with E-state index in [0.717, 1.165) is 65.4 Å². The van der Waals surface area contributed by atoms with E-state index in [-0.39, 0.29) is 0 Å². The summed E-state index contributed by atoms with van der Waals surface area (Å²) in [7, 11) is 1.79. The number of aromatic nitrogens is 5. The number of methoxy groups -OCH3 is 1. The molecule has 1 aromatic carbocycles. The molecule has 1 N–H and O–H groups in total. The van der Waals surface area contributed by atoms with E-state index in [0.29, 0.717) is 37.3 Å². The molecule has 6 rings (SSSR count). The van der Waals surface area contributed by atoms with Crippen LogP contribution in [0.15, 0.2) is 36.4 Å². The Bertz CT molecular complexity index is 1360. The molecule has 2 aliphatic rings. The van der Waals surface area contributed by atoms with Crippen molar-refractivity contribution >= 4 is 28.3 Å². The van der Waals surface area contributed by atoms with Gasteiger partial charge in [-0.15, -0.1) is 0 Å².